The van der Waals surface area contributed by atoms with E-state index in [9.17, 15) is 0 Å². The van der Waals surface area contributed by atoms with Crippen molar-refractivity contribution >= 4 is 15.6 Å². The van der Waals surface area contributed by atoms with Crippen molar-refractivity contribution in [2.45, 2.75) is 0 Å². The first-order valence-corrected chi connectivity index (χ1v) is 4.38. The molecule has 0 radical (unpaired) electrons. The van der Waals surface area contributed by atoms with E-state index in [-0.39, 0.29) is 31.1 Å². The zero-order chi connectivity index (χ0) is 9.00. The van der Waals surface area contributed by atoms with E-state index >= 15 is 0 Å². The van der Waals surface area contributed by atoms with Gasteiger partial charge in [-0.15, -0.1) is 0 Å². The van der Waals surface area contributed by atoms with Crippen LogP contribution in [0.15, 0.2) is 0 Å². The van der Waals surface area contributed by atoms with E-state index in [2.05, 4.69) is 0 Å². The van der Waals surface area contributed by atoms with Gasteiger partial charge in [0.2, 0.25) is 0 Å². The monoisotopic (exact) mass is 428 g/mol. The summed E-state index contributed by atoms with van der Waals surface area (Å²) >= 11 is 0. The largest absolute Gasteiger partial charge is 0.822 e. The summed E-state index contributed by atoms with van der Waals surface area (Å²) in [4.78, 5) is 51.3. The van der Waals surface area contributed by atoms with Gasteiger partial charge >= 0.3 is 0 Å². The van der Waals surface area contributed by atoms with Crippen molar-refractivity contribution in [1.82, 2.24) is 0 Å². The predicted octanol–water partition coefficient (Wildman–Crippen LogP) is -5.65. The fraction of sp³-hybridized carbons (Fsp3) is 0. The molecule has 0 aliphatic rings. The van der Waals surface area contributed by atoms with Gasteiger partial charge in [0, 0.05) is 31.1 Å². The molecule has 0 heterocycles. The zero-order valence-electron chi connectivity index (χ0n) is 4.66. The molecule has 0 aliphatic carbocycles. The van der Waals surface area contributed by atoms with Crippen LogP contribution in [0.2, 0.25) is 0 Å². The number of hydrogen-bond acceptors (Lipinski definition) is 8. The van der Waals surface area contributed by atoms with Crippen molar-refractivity contribution in [3.8, 4) is 0 Å². The van der Waals surface area contributed by atoms with Crippen molar-refractivity contribution in [1.29, 1.82) is 0 Å². The van der Waals surface area contributed by atoms with Gasteiger partial charge in [-0.25, -0.2) is 0 Å². The second kappa shape index (κ2) is 6.75. The first-order chi connectivity index (χ1) is 4.00. The summed E-state index contributed by atoms with van der Waals surface area (Å²) in [5.41, 5.74) is 0. The molecule has 0 rings (SSSR count). The van der Waals surface area contributed by atoms with E-state index in [4.69, 9.17) is 38.5 Å². The summed E-state index contributed by atoms with van der Waals surface area (Å²) < 4.78 is 17.1. The van der Waals surface area contributed by atoms with Gasteiger partial charge in [-0.1, -0.05) is 0 Å². The van der Waals surface area contributed by atoms with Gasteiger partial charge in [0.05, 0.1) is 0 Å². The molecule has 0 atom stereocenters. The van der Waals surface area contributed by atoms with Gasteiger partial charge in [-0.3, -0.25) is 0 Å². The van der Waals surface area contributed by atoms with Gasteiger partial charge in [0.1, 0.15) is 0 Å². The number of rotatable bonds is 0. The van der Waals surface area contributed by atoms with Crippen molar-refractivity contribution in [3.63, 3.8) is 0 Å². The first-order valence-electron chi connectivity index (χ1n) is 1.46. The molecule has 0 aliphatic heterocycles. The molecule has 0 spiro atoms. The van der Waals surface area contributed by atoms with E-state index in [0.29, 0.717) is 0 Å². The first kappa shape index (κ1) is 18.1. The second-order valence-corrected chi connectivity index (χ2v) is 2.68. The van der Waals surface area contributed by atoms with Crippen molar-refractivity contribution in [2.75, 3.05) is 0 Å². The molecule has 0 unspecified atom stereocenters. The van der Waals surface area contributed by atoms with E-state index in [1.165, 1.54) is 0 Å². The molecular formula is O8P2U-6. The van der Waals surface area contributed by atoms with Gasteiger partial charge in [-0.05, 0) is 0 Å². The van der Waals surface area contributed by atoms with Gasteiger partial charge in [-0.2, -0.15) is 15.6 Å². The molecule has 0 aromatic heterocycles. The van der Waals surface area contributed by atoms with Crippen LogP contribution in [-0.4, -0.2) is 0 Å². The van der Waals surface area contributed by atoms with Gasteiger partial charge in [0.15, 0.2) is 0 Å². The Kier molecular flexibility index (Phi) is 11.1. The minimum Gasteiger partial charge on any atom is -0.822 e. The molecule has 0 saturated heterocycles. The molecule has 0 N–H and O–H groups in total. The smallest absolute Gasteiger partial charge is 0 e. The molecule has 68 valence electrons. The number of hydrogen-bond donors (Lipinski definition) is 0. The van der Waals surface area contributed by atoms with E-state index in [1.807, 2.05) is 0 Å². The Morgan fingerprint density at radius 1 is 0.636 bits per heavy atom. The molecule has 8 nitrogen and oxygen atoms in total. The van der Waals surface area contributed by atoms with Gasteiger partial charge in [0.25, 0.3) is 0 Å². The Balaban J connectivity index is -0.000000107. The Labute approximate surface area is 85.1 Å². The quantitative estimate of drug-likeness (QED) is 0.344. The molecule has 0 aromatic rings. The fourth-order valence-corrected chi connectivity index (χ4v) is 0. The van der Waals surface area contributed by atoms with Crippen molar-refractivity contribution < 1.29 is 69.6 Å². The van der Waals surface area contributed by atoms with Crippen LogP contribution in [-0.2, 0) is 9.13 Å². The maximum absolute atomic E-state index is 8.55. The molecule has 0 saturated carbocycles. The summed E-state index contributed by atoms with van der Waals surface area (Å²) in [5.74, 6) is 0. The summed E-state index contributed by atoms with van der Waals surface area (Å²) in [5, 5.41) is 0. The van der Waals surface area contributed by atoms with Crippen molar-refractivity contribution in [2.24, 2.45) is 0 Å². The Bertz CT molecular complexity index is 124. The summed E-state index contributed by atoms with van der Waals surface area (Å²) in [6.45, 7) is 0. The van der Waals surface area contributed by atoms with Crippen LogP contribution in [0.4, 0.5) is 0 Å². The second-order valence-electron chi connectivity index (χ2n) is 0.894. The van der Waals surface area contributed by atoms with E-state index in [0.717, 1.165) is 0 Å². The molecule has 11 heavy (non-hydrogen) atoms. The maximum Gasteiger partial charge on any atom is 0 e. The van der Waals surface area contributed by atoms with Gasteiger partial charge < -0.3 is 38.5 Å². The summed E-state index contributed by atoms with van der Waals surface area (Å²) in [6.07, 6.45) is 0. The average Bonchev–Trinajstić information content (AvgIpc) is 1.12. The fourth-order valence-electron chi connectivity index (χ4n) is 0. The predicted molar refractivity (Wildman–Crippen MR) is 15.2 cm³/mol. The van der Waals surface area contributed by atoms with E-state index in [1.54, 1.807) is 0 Å². The average molecular weight is 428 g/mol. The SMILES string of the molecule is O=P([O-])([O-])[O-].O=P([O-])([O-])[O-].[U]. The molecule has 0 fully saturated rings. The standard InChI is InChI=1S/2H3O4P.U/c2*1-5(2,3)4;/h2*(H3,1,2,3,4);/p-6. The van der Waals surface area contributed by atoms with Crippen LogP contribution < -0.4 is 29.4 Å². The molecule has 0 bridgehead atoms. The van der Waals surface area contributed by atoms with Crippen LogP contribution in [0.25, 0.3) is 0 Å². The normalized spacial score (nSPS) is 10.7. The van der Waals surface area contributed by atoms with E-state index < -0.39 is 15.6 Å². The Morgan fingerprint density at radius 2 is 0.636 bits per heavy atom. The summed E-state index contributed by atoms with van der Waals surface area (Å²) in [7, 11) is -10.8. The van der Waals surface area contributed by atoms with Crippen LogP contribution in [0.1, 0.15) is 0 Å². The van der Waals surface area contributed by atoms with Crippen LogP contribution >= 0.6 is 15.6 Å². The Morgan fingerprint density at radius 3 is 0.636 bits per heavy atom. The van der Waals surface area contributed by atoms with Crippen LogP contribution in [0.3, 0.4) is 0 Å². The molecule has 0 amide bonds. The maximum atomic E-state index is 8.55. The third kappa shape index (κ3) is 599. The van der Waals surface area contributed by atoms with Crippen molar-refractivity contribution in [3.05, 3.63) is 0 Å². The zero-order valence-corrected chi connectivity index (χ0v) is 10.6. The minimum absolute atomic E-state index is 0. The third-order valence-electron chi connectivity index (χ3n) is 0. The summed E-state index contributed by atoms with van der Waals surface area (Å²) in [6, 6.07) is 0. The van der Waals surface area contributed by atoms with Crippen LogP contribution in [0, 0.1) is 31.1 Å². The molecule has 0 aromatic carbocycles. The topological polar surface area (TPSA) is 172 Å². The molecule has 11 heteroatoms. The number of phosphoric acid groups is 2. The Hall–Kier alpha value is 1.27. The molecular weight excluding hydrogens is 428 g/mol. The van der Waals surface area contributed by atoms with Crippen LogP contribution in [0.5, 0.6) is 0 Å². The minimum atomic E-state index is -5.39. The third-order valence-corrected chi connectivity index (χ3v) is 0.